The summed E-state index contributed by atoms with van der Waals surface area (Å²) >= 11 is 1.33. The third kappa shape index (κ3) is 4.27. The molecule has 1 amide bonds. The first kappa shape index (κ1) is 16.4. The summed E-state index contributed by atoms with van der Waals surface area (Å²) in [4.78, 5) is 12.1. The van der Waals surface area contributed by atoms with Crippen molar-refractivity contribution in [2.24, 2.45) is 0 Å². The first-order valence-electron chi connectivity index (χ1n) is 7.14. The maximum Gasteiger partial charge on any atom is 0.266 e. The molecule has 1 heterocycles. The average Bonchev–Trinajstić information content (AvgIpc) is 2.83. The Morgan fingerprint density at radius 1 is 1.23 bits per heavy atom. The SMILES string of the molecule is Cc1nnc(NC(=O)C(C)Oc2ccc(C(C)(C)C)cc2)s1. The van der Waals surface area contributed by atoms with Crippen LogP contribution >= 0.6 is 11.3 Å². The van der Waals surface area contributed by atoms with Gasteiger partial charge in [0.05, 0.1) is 0 Å². The molecule has 0 fully saturated rings. The number of carbonyl (C=O) groups is 1. The molecule has 0 radical (unpaired) electrons. The summed E-state index contributed by atoms with van der Waals surface area (Å²) in [5.74, 6) is 0.431. The van der Waals surface area contributed by atoms with E-state index in [0.29, 0.717) is 10.9 Å². The summed E-state index contributed by atoms with van der Waals surface area (Å²) in [5, 5.41) is 11.7. The van der Waals surface area contributed by atoms with E-state index < -0.39 is 6.10 Å². The quantitative estimate of drug-likeness (QED) is 0.936. The lowest BCUT2D eigenvalue weighted by Crippen LogP contribution is -2.30. The van der Waals surface area contributed by atoms with E-state index in [-0.39, 0.29) is 11.3 Å². The average molecular weight is 319 g/mol. The van der Waals surface area contributed by atoms with Gasteiger partial charge in [-0.25, -0.2) is 0 Å². The number of aryl methyl sites for hydroxylation is 1. The Labute approximate surface area is 134 Å². The zero-order chi connectivity index (χ0) is 16.3. The van der Waals surface area contributed by atoms with Crippen LogP contribution in [-0.4, -0.2) is 22.2 Å². The predicted molar refractivity (Wildman–Crippen MR) is 88.5 cm³/mol. The van der Waals surface area contributed by atoms with E-state index in [4.69, 9.17) is 4.74 Å². The van der Waals surface area contributed by atoms with Crippen LogP contribution in [0.3, 0.4) is 0 Å². The maximum absolute atomic E-state index is 12.1. The Morgan fingerprint density at radius 2 is 1.86 bits per heavy atom. The third-order valence-electron chi connectivity index (χ3n) is 3.16. The molecule has 1 aromatic heterocycles. The number of benzene rings is 1. The molecule has 1 N–H and O–H groups in total. The van der Waals surface area contributed by atoms with Crippen LogP contribution in [-0.2, 0) is 10.2 Å². The fourth-order valence-electron chi connectivity index (χ4n) is 1.85. The van der Waals surface area contributed by atoms with Crippen molar-refractivity contribution >= 4 is 22.4 Å². The van der Waals surface area contributed by atoms with E-state index in [9.17, 15) is 4.79 Å². The smallest absolute Gasteiger partial charge is 0.266 e. The highest BCUT2D eigenvalue weighted by Crippen LogP contribution is 2.24. The molecule has 0 aliphatic heterocycles. The summed E-state index contributed by atoms with van der Waals surface area (Å²) < 4.78 is 5.67. The van der Waals surface area contributed by atoms with Gasteiger partial charge < -0.3 is 4.74 Å². The molecule has 2 rings (SSSR count). The van der Waals surface area contributed by atoms with Gasteiger partial charge in [0.15, 0.2) is 6.10 Å². The summed E-state index contributed by atoms with van der Waals surface area (Å²) in [6, 6.07) is 7.82. The molecule has 1 aromatic carbocycles. The minimum atomic E-state index is -0.607. The second-order valence-corrected chi connectivity index (χ2v) is 7.33. The zero-order valence-corrected chi connectivity index (χ0v) is 14.3. The van der Waals surface area contributed by atoms with Gasteiger partial charge in [-0.15, -0.1) is 10.2 Å². The number of carbonyl (C=O) groups excluding carboxylic acids is 1. The number of nitrogens with zero attached hydrogens (tertiary/aromatic N) is 2. The highest BCUT2D eigenvalue weighted by molar-refractivity contribution is 7.15. The van der Waals surface area contributed by atoms with E-state index in [1.165, 1.54) is 16.9 Å². The molecule has 22 heavy (non-hydrogen) atoms. The van der Waals surface area contributed by atoms with Crippen LogP contribution < -0.4 is 10.1 Å². The minimum absolute atomic E-state index is 0.0945. The van der Waals surface area contributed by atoms with Crippen molar-refractivity contribution in [3.05, 3.63) is 34.8 Å². The molecule has 118 valence electrons. The highest BCUT2D eigenvalue weighted by atomic mass is 32.1. The van der Waals surface area contributed by atoms with Crippen LogP contribution in [0.4, 0.5) is 5.13 Å². The van der Waals surface area contributed by atoms with Crippen LogP contribution in [0.1, 0.15) is 38.3 Å². The van der Waals surface area contributed by atoms with Gasteiger partial charge in [0.25, 0.3) is 5.91 Å². The van der Waals surface area contributed by atoms with Crippen molar-refractivity contribution in [1.82, 2.24) is 10.2 Å². The van der Waals surface area contributed by atoms with Gasteiger partial charge in [-0.1, -0.05) is 44.2 Å². The molecule has 2 aromatic rings. The van der Waals surface area contributed by atoms with Crippen LogP contribution in [0.2, 0.25) is 0 Å². The third-order valence-corrected chi connectivity index (χ3v) is 3.91. The Bertz CT molecular complexity index is 644. The molecule has 0 aliphatic carbocycles. The largest absolute Gasteiger partial charge is 0.481 e. The standard InChI is InChI=1S/C16H21N3O2S/c1-10(14(20)17-15-19-18-11(2)22-15)21-13-8-6-12(7-9-13)16(3,4)5/h6-10H,1-5H3,(H,17,19,20). The van der Waals surface area contributed by atoms with E-state index >= 15 is 0 Å². The molecule has 0 spiro atoms. The van der Waals surface area contributed by atoms with Gasteiger partial charge >= 0.3 is 0 Å². The molecule has 0 saturated heterocycles. The first-order valence-corrected chi connectivity index (χ1v) is 7.95. The van der Waals surface area contributed by atoms with Crippen LogP contribution in [0.5, 0.6) is 5.75 Å². The summed E-state index contributed by atoms with van der Waals surface area (Å²) in [6.07, 6.45) is -0.607. The lowest BCUT2D eigenvalue weighted by Gasteiger charge is -2.20. The van der Waals surface area contributed by atoms with Gasteiger partial charge in [0.2, 0.25) is 5.13 Å². The number of hydrogen-bond donors (Lipinski definition) is 1. The fraction of sp³-hybridized carbons (Fsp3) is 0.438. The Kier molecular flexibility index (Phi) is 4.81. The molecule has 0 aliphatic rings. The van der Waals surface area contributed by atoms with E-state index in [1.807, 2.05) is 31.2 Å². The van der Waals surface area contributed by atoms with Gasteiger partial charge in [-0.2, -0.15) is 0 Å². The number of amides is 1. The van der Waals surface area contributed by atoms with E-state index in [2.05, 4.69) is 36.3 Å². The fourth-order valence-corrected chi connectivity index (χ4v) is 2.44. The van der Waals surface area contributed by atoms with Gasteiger partial charge in [-0.3, -0.25) is 10.1 Å². The zero-order valence-electron chi connectivity index (χ0n) is 13.5. The Morgan fingerprint density at radius 3 is 2.36 bits per heavy atom. The normalized spacial score (nSPS) is 12.8. The van der Waals surface area contributed by atoms with Crippen molar-refractivity contribution in [2.45, 2.75) is 46.1 Å². The van der Waals surface area contributed by atoms with Gasteiger partial charge in [-0.05, 0) is 37.0 Å². The maximum atomic E-state index is 12.1. The van der Waals surface area contributed by atoms with Gasteiger partial charge in [0, 0.05) is 0 Å². The number of rotatable bonds is 4. The molecule has 0 saturated carbocycles. The molecular formula is C16H21N3O2S. The summed E-state index contributed by atoms with van der Waals surface area (Å²) in [7, 11) is 0. The molecule has 0 bridgehead atoms. The lowest BCUT2D eigenvalue weighted by molar-refractivity contribution is -0.122. The molecule has 1 unspecified atom stereocenters. The number of nitrogens with one attached hydrogen (secondary N) is 1. The van der Waals surface area contributed by atoms with Crippen molar-refractivity contribution in [3.8, 4) is 5.75 Å². The Balaban J connectivity index is 1.96. The first-order chi connectivity index (χ1) is 10.3. The predicted octanol–water partition coefficient (Wildman–Crippen LogP) is 3.55. The summed E-state index contributed by atoms with van der Waals surface area (Å²) in [6.45, 7) is 10.0. The lowest BCUT2D eigenvalue weighted by atomic mass is 9.87. The second kappa shape index (κ2) is 6.44. The van der Waals surface area contributed by atoms with E-state index in [1.54, 1.807) is 6.92 Å². The number of aromatic nitrogens is 2. The molecule has 1 atom stereocenters. The molecule has 5 nitrogen and oxygen atoms in total. The van der Waals surface area contributed by atoms with Crippen LogP contribution in [0.15, 0.2) is 24.3 Å². The molecular weight excluding hydrogens is 298 g/mol. The van der Waals surface area contributed by atoms with Crippen LogP contribution in [0.25, 0.3) is 0 Å². The number of ether oxygens (including phenoxy) is 1. The van der Waals surface area contributed by atoms with Crippen LogP contribution in [0, 0.1) is 6.92 Å². The van der Waals surface area contributed by atoms with Crippen molar-refractivity contribution in [2.75, 3.05) is 5.32 Å². The minimum Gasteiger partial charge on any atom is -0.481 e. The van der Waals surface area contributed by atoms with Crippen molar-refractivity contribution in [3.63, 3.8) is 0 Å². The molecule has 6 heteroatoms. The van der Waals surface area contributed by atoms with Crippen molar-refractivity contribution in [1.29, 1.82) is 0 Å². The highest BCUT2D eigenvalue weighted by Gasteiger charge is 2.17. The second-order valence-electron chi connectivity index (χ2n) is 6.15. The monoisotopic (exact) mass is 319 g/mol. The number of hydrogen-bond acceptors (Lipinski definition) is 5. The van der Waals surface area contributed by atoms with Crippen molar-refractivity contribution < 1.29 is 9.53 Å². The van der Waals surface area contributed by atoms with Gasteiger partial charge in [0.1, 0.15) is 10.8 Å². The summed E-state index contributed by atoms with van der Waals surface area (Å²) in [5.41, 5.74) is 1.32. The Hall–Kier alpha value is -1.95. The van der Waals surface area contributed by atoms with E-state index in [0.717, 1.165) is 5.01 Å². The topological polar surface area (TPSA) is 64.1 Å². The number of anilines is 1.